The van der Waals surface area contributed by atoms with Gasteiger partial charge in [-0.2, -0.15) is 0 Å². The second-order valence-electron chi connectivity index (χ2n) is 6.93. The maximum Gasteiger partial charge on any atom is 0.198 e. The van der Waals surface area contributed by atoms with E-state index in [9.17, 15) is 8.42 Å². The third-order valence-electron chi connectivity index (χ3n) is 4.57. The van der Waals surface area contributed by atoms with E-state index in [2.05, 4.69) is 34.3 Å². The van der Waals surface area contributed by atoms with E-state index < -0.39 is 9.84 Å². The smallest absolute Gasteiger partial charge is 0.198 e. The Morgan fingerprint density at radius 3 is 2.42 bits per heavy atom. The van der Waals surface area contributed by atoms with Crippen molar-refractivity contribution in [2.45, 2.75) is 37.6 Å². The minimum Gasteiger partial charge on any atom is -0.379 e. The Morgan fingerprint density at radius 2 is 1.81 bits per heavy atom. The van der Waals surface area contributed by atoms with Crippen molar-refractivity contribution in [2.24, 2.45) is 5.92 Å². The molecular formula is C17H25N5O3S. The first-order valence-electron chi connectivity index (χ1n) is 8.76. The summed E-state index contributed by atoms with van der Waals surface area (Å²) in [6, 6.07) is 6.77. The molecule has 1 aliphatic rings. The number of aromatic nitrogens is 4. The van der Waals surface area contributed by atoms with Crippen molar-refractivity contribution in [1.82, 2.24) is 25.1 Å². The van der Waals surface area contributed by atoms with Gasteiger partial charge in [0.2, 0.25) is 0 Å². The Bertz CT molecular complexity index is 826. The van der Waals surface area contributed by atoms with Crippen LogP contribution in [0.15, 0.2) is 29.2 Å². The minimum atomic E-state index is -3.54. The van der Waals surface area contributed by atoms with Crippen molar-refractivity contribution in [3.05, 3.63) is 35.7 Å². The van der Waals surface area contributed by atoms with Gasteiger partial charge < -0.3 is 4.74 Å². The molecule has 1 atom stereocenters. The Labute approximate surface area is 154 Å². The van der Waals surface area contributed by atoms with Gasteiger partial charge in [0, 0.05) is 13.1 Å². The second kappa shape index (κ2) is 7.81. The molecule has 0 radical (unpaired) electrons. The molecule has 1 aromatic heterocycles. The van der Waals surface area contributed by atoms with Gasteiger partial charge in [-0.25, -0.2) is 13.1 Å². The molecule has 26 heavy (non-hydrogen) atoms. The van der Waals surface area contributed by atoms with Crippen molar-refractivity contribution < 1.29 is 13.2 Å². The highest BCUT2D eigenvalue weighted by Crippen LogP contribution is 2.28. The van der Waals surface area contributed by atoms with Gasteiger partial charge in [-0.05, 0) is 35.4 Å². The highest BCUT2D eigenvalue weighted by atomic mass is 32.2. The molecule has 3 rings (SSSR count). The summed E-state index contributed by atoms with van der Waals surface area (Å²) in [5.74, 6) is 0.545. The number of ether oxygens (including phenoxy) is 1. The molecule has 0 aliphatic carbocycles. The lowest BCUT2D eigenvalue weighted by Gasteiger charge is -2.35. The number of benzene rings is 1. The molecule has 1 aliphatic heterocycles. The van der Waals surface area contributed by atoms with Crippen LogP contribution in [0.1, 0.15) is 31.3 Å². The first kappa shape index (κ1) is 18.9. The zero-order chi connectivity index (χ0) is 18.7. The normalized spacial score (nSPS) is 17.5. The topological polar surface area (TPSA) is 90.2 Å². The van der Waals surface area contributed by atoms with Crippen LogP contribution < -0.4 is 0 Å². The largest absolute Gasteiger partial charge is 0.379 e. The maximum atomic E-state index is 12.8. The van der Waals surface area contributed by atoms with Crippen LogP contribution in [0.2, 0.25) is 0 Å². The molecule has 142 valence electrons. The SMILES string of the molecule is Cc1ccc(S(=O)(=O)Cn2nnnc2[C@@H](C(C)C)N2CCOCC2)cc1. The summed E-state index contributed by atoms with van der Waals surface area (Å²) in [7, 11) is -3.54. The van der Waals surface area contributed by atoms with Gasteiger partial charge in [-0.3, -0.25) is 4.90 Å². The van der Waals surface area contributed by atoms with Crippen molar-refractivity contribution in [3.63, 3.8) is 0 Å². The van der Waals surface area contributed by atoms with Gasteiger partial charge >= 0.3 is 0 Å². The predicted molar refractivity (Wildman–Crippen MR) is 96.2 cm³/mol. The van der Waals surface area contributed by atoms with Gasteiger partial charge in [0.15, 0.2) is 21.5 Å². The molecule has 1 fully saturated rings. The lowest BCUT2D eigenvalue weighted by atomic mass is 10.0. The summed E-state index contributed by atoms with van der Waals surface area (Å²) < 4.78 is 32.4. The molecule has 0 bridgehead atoms. The van der Waals surface area contributed by atoms with Gasteiger partial charge in [0.1, 0.15) is 0 Å². The average Bonchev–Trinajstić information content (AvgIpc) is 3.03. The highest BCUT2D eigenvalue weighted by molar-refractivity contribution is 7.90. The molecule has 2 heterocycles. The number of nitrogens with zero attached hydrogens (tertiary/aromatic N) is 5. The Morgan fingerprint density at radius 1 is 1.15 bits per heavy atom. The van der Waals surface area contributed by atoms with E-state index in [1.807, 2.05) is 6.92 Å². The van der Waals surface area contributed by atoms with E-state index in [-0.39, 0.29) is 22.7 Å². The van der Waals surface area contributed by atoms with Crippen molar-refractivity contribution in [3.8, 4) is 0 Å². The van der Waals surface area contributed by atoms with Crippen LogP contribution in [0.5, 0.6) is 0 Å². The molecule has 9 heteroatoms. The van der Waals surface area contributed by atoms with Crippen LogP contribution in [0.25, 0.3) is 0 Å². The van der Waals surface area contributed by atoms with Gasteiger partial charge in [0.25, 0.3) is 0 Å². The fourth-order valence-electron chi connectivity index (χ4n) is 3.24. The first-order valence-corrected chi connectivity index (χ1v) is 10.4. The number of rotatable bonds is 6. The fraction of sp³-hybridized carbons (Fsp3) is 0.588. The van der Waals surface area contributed by atoms with Gasteiger partial charge in [-0.15, -0.1) is 5.10 Å². The lowest BCUT2D eigenvalue weighted by molar-refractivity contribution is 0.00244. The average molecular weight is 379 g/mol. The predicted octanol–water partition coefficient (Wildman–Crippen LogP) is 1.44. The van der Waals surface area contributed by atoms with E-state index in [0.717, 1.165) is 18.7 Å². The molecule has 1 saturated heterocycles. The summed E-state index contributed by atoms with van der Waals surface area (Å²) in [5.41, 5.74) is 1.01. The molecule has 1 aromatic carbocycles. The molecule has 0 amide bonds. The summed E-state index contributed by atoms with van der Waals surface area (Å²) in [6.07, 6.45) is 0. The molecule has 0 spiro atoms. The minimum absolute atomic E-state index is 0.0536. The molecule has 0 unspecified atom stereocenters. The van der Waals surface area contributed by atoms with Crippen LogP contribution in [0.3, 0.4) is 0 Å². The molecule has 8 nitrogen and oxygen atoms in total. The van der Waals surface area contributed by atoms with Crippen molar-refractivity contribution >= 4 is 9.84 Å². The van der Waals surface area contributed by atoms with Crippen LogP contribution >= 0.6 is 0 Å². The number of morpholine rings is 1. The van der Waals surface area contributed by atoms with Crippen LogP contribution in [-0.2, 0) is 20.5 Å². The summed E-state index contributed by atoms with van der Waals surface area (Å²) >= 11 is 0. The van der Waals surface area contributed by atoms with E-state index in [1.54, 1.807) is 24.3 Å². The third-order valence-corrected chi connectivity index (χ3v) is 6.14. The van der Waals surface area contributed by atoms with Gasteiger partial charge in [0.05, 0.1) is 24.2 Å². The van der Waals surface area contributed by atoms with E-state index >= 15 is 0 Å². The Kier molecular flexibility index (Phi) is 5.69. The summed E-state index contributed by atoms with van der Waals surface area (Å²) in [4.78, 5) is 2.53. The van der Waals surface area contributed by atoms with Crippen LogP contribution in [-0.4, -0.2) is 59.8 Å². The molecular weight excluding hydrogens is 354 g/mol. The van der Waals surface area contributed by atoms with Crippen LogP contribution in [0.4, 0.5) is 0 Å². The first-order chi connectivity index (χ1) is 12.4. The van der Waals surface area contributed by atoms with Crippen molar-refractivity contribution in [1.29, 1.82) is 0 Å². The standard InChI is InChI=1S/C17H25N5O3S/c1-13(2)16(21-8-10-25-11-9-21)17-18-19-20-22(17)12-26(23,24)15-6-4-14(3)5-7-15/h4-7,13,16H,8-12H2,1-3H3/t16-/m1/s1. The van der Waals surface area contributed by atoms with E-state index in [0.29, 0.717) is 19.0 Å². The fourth-order valence-corrected chi connectivity index (χ4v) is 4.44. The lowest BCUT2D eigenvalue weighted by Crippen LogP contribution is -2.42. The number of hydrogen-bond acceptors (Lipinski definition) is 7. The van der Waals surface area contributed by atoms with E-state index in [1.165, 1.54) is 4.68 Å². The summed E-state index contributed by atoms with van der Waals surface area (Å²) in [6.45, 7) is 8.98. The number of sulfone groups is 1. The van der Waals surface area contributed by atoms with Gasteiger partial charge in [-0.1, -0.05) is 31.5 Å². The monoisotopic (exact) mass is 379 g/mol. The number of tetrazole rings is 1. The Balaban J connectivity index is 1.88. The Hall–Kier alpha value is -1.84. The van der Waals surface area contributed by atoms with Crippen LogP contribution in [0, 0.1) is 12.8 Å². The second-order valence-corrected chi connectivity index (χ2v) is 8.89. The quantitative estimate of drug-likeness (QED) is 0.750. The molecule has 2 aromatic rings. The number of aryl methyl sites for hydroxylation is 1. The highest BCUT2D eigenvalue weighted by Gasteiger charge is 2.31. The third kappa shape index (κ3) is 4.11. The zero-order valence-corrected chi connectivity index (χ0v) is 16.2. The van der Waals surface area contributed by atoms with E-state index in [4.69, 9.17) is 4.74 Å². The molecule has 0 N–H and O–H groups in total. The zero-order valence-electron chi connectivity index (χ0n) is 15.4. The van der Waals surface area contributed by atoms with Crippen molar-refractivity contribution in [2.75, 3.05) is 26.3 Å². The maximum absolute atomic E-state index is 12.8. The summed E-state index contributed by atoms with van der Waals surface area (Å²) in [5, 5.41) is 11.9. The number of hydrogen-bond donors (Lipinski definition) is 0. The molecule has 0 saturated carbocycles.